The predicted octanol–water partition coefficient (Wildman–Crippen LogP) is 2.66. The van der Waals surface area contributed by atoms with Gasteiger partial charge in [-0.15, -0.1) is 0 Å². The molecule has 9 nitrogen and oxygen atoms in total. The molecule has 0 radical (unpaired) electrons. The van der Waals surface area contributed by atoms with Crippen molar-refractivity contribution in [3.63, 3.8) is 0 Å². The van der Waals surface area contributed by atoms with Crippen molar-refractivity contribution in [3.05, 3.63) is 48.3 Å². The van der Waals surface area contributed by atoms with Crippen molar-refractivity contribution in [2.75, 3.05) is 44.7 Å². The number of nitrogens with zero attached hydrogens (tertiary/aromatic N) is 5. The molecule has 2 aliphatic heterocycles. The molecular formula is C27H35N5O4. The number of aromatic nitrogens is 2. The monoisotopic (exact) mass is 493 g/mol. The maximum atomic E-state index is 13.8. The van der Waals surface area contributed by atoms with E-state index >= 15 is 0 Å². The van der Waals surface area contributed by atoms with Gasteiger partial charge < -0.3 is 14.5 Å². The van der Waals surface area contributed by atoms with Gasteiger partial charge >= 0.3 is 0 Å². The lowest BCUT2D eigenvalue weighted by molar-refractivity contribution is -0.142. The molecule has 3 heterocycles. The number of hydrogen-bond donors (Lipinski definition) is 0. The lowest BCUT2D eigenvalue weighted by atomic mass is 9.75. The van der Waals surface area contributed by atoms with E-state index < -0.39 is 5.41 Å². The van der Waals surface area contributed by atoms with Gasteiger partial charge in [0, 0.05) is 58.0 Å². The molecule has 1 unspecified atom stereocenters. The maximum Gasteiger partial charge on any atom is 0.240 e. The number of carbonyl (C=O) groups is 3. The molecule has 0 saturated carbocycles. The fourth-order valence-electron chi connectivity index (χ4n) is 4.98. The van der Waals surface area contributed by atoms with Gasteiger partial charge in [0.1, 0.15) is 5.75 Å². The summed E-state index contributed by atoms with van der Waals surface area (Å²) in [5.74, 6) is 1.06. The zero-order chi connectivity index (χ0) is 25.7. The Balaban J connectivity index is 1.56. The predicted molar refractivity (Wildman–Crippen MR) is 136 cm³/mol. The topological polar surface area (TPSA) is 95.9 Å². The molecular weight excluding hydrogens is 458 g/mol. The van der Waals surface area contributed by atoms with Crippen LogP contribution < -0.4 is 9.64 Å². The fourth-order valence-corrected chi connectivity index (χ4v) is 4.98. The van der Waals surface area contributed by atoms with E-state index in [1.165, 1.54) is 4.90 Å². The SMILES string of the molecule is COc1ccc(C2(CC(=O)N3CCCN(c4ncccn4)CC3)CC(=O)N(CCC(C)C)C2=O)cc1. The molecule has 2 fully saturated rings. The molecule has 9 heteroatoms. The third-order valence-electron chi connectivity index (χ3n) is 7.12. The minimum Gasteiger partial charge on any atom is -0.497 e. The highest BCUT2D eigenvalue weighted by Crippen LogP contribution is 2.41. The highest BCUT2D eigenvalue weighted by atomic mass is 16.5. The zero-order valence-corrected chi connectivity index (χ0v) is 21.4. The Morgan fingerprint density at radius 2 is 1.78 bits per heavy atom. The summed E-state index contributed by atoms with van der Waals surface area (Å²) in [6.07, 6.45) is 4.88. The van der Waals surface area contributed by atoms with Gasteiger partial charge in [-0.1, -0.05) is 26.0 Å². The number of imide groups is 1. The Labute approximate surface area is 212 Å². The second-order valence-electron chi connectivity index (χ2n) is 9.97. The van der Waals surface area contributed by atoms with Crippen LogP contribution in [0.25, 0.3) is 0 Å². The molecule has 0 aliphatic carbocycles. The van der Waals surface area contributed by atoms with Crippen LogP contribution in [0.15, 0.2) is 42.7 Å². The van der Waals surface area contributed by atoms with E-state index in [0.717, 1.165) is 19.4 Å². The van der Waals surface area contributed by atoms with Gasteiger partial charge in [0.2, 0.25) is 23.7 Å². The Bertz CT molecular complexity index is 1080. The van der Waals surface area contributed by atoms with Crippen LogP contribution in [0.1, 0.15) is 45.1 Å². The molecule has 0 bridgehead atoms. The molecule has 2 saturated heterocycles. The number of ether oxygens (including phenoxy) is 1. The van der Waals surface area contributed by atoms with Gasteiger partial charge in [0.25, 0.3) is 0 Å². The number of benzene rings is 1. The smallest absolute Gasteiger partial charge is 0.240 e. The molecule has 2 aliphatic rings. The summed E-state index contributed by atoms with van der Waals surface area (Å²) >= 11 is 0. The second kappa shape index (κ2) is 11.1. The van der Waals surface area contributed by atoms with Crippen LogP contribution in [0.4, 0.5) is 5.95 Å². The van der Waals surface area contributed by atoms with Crippen LogP contribution in [-0.4, -0.2) is 77.3 Å². The average molecular weight is 494 g/mol. The van der Waals surface area contributed by atoms with Gasteiger partial charge in [-0.25, -0.2) is 9.97 Å². The molecule has 1 aromatic carbocycles. The summed E-state index contributed by atoms with van der Waals surface area (Å²) in [6, 6.07) is 8.94. The Hall–Kier alpha value is -3.49. The molecule has 0 N–H and O–H groups in total. The minimum absolute atomic E-state index is 0.000181. The van der Waals surface area contributed by atoms with Crippen molar-refractivity contribution in [3.8, 4) is 5.75 Å². The molecule has 0 spiro atoms. The van der Waals surface area contributed by atoms with Crippen LogP contribution in [0, 0.1) is 5.92 Å². The number of methoxy groups -OCH3 is 1. The first-order valence-corrected chi connectivity index (χ1v) is 12.6. The summed E-state index contributed by atoms with van der Waals surface area (Å²) in [7, 11) is 1.58. The van der Waals surface area contributed by atoms with Gasteiger partial charge in [0.15, 0.2) is 0 Å². The van der Waals surface area contributed by atoms with Crippen molar-refractivity contribution < 1.29 is 19.1 Å². The Morgan fingerprint density at radius 1 is 1.06 bits per heavy atom. The van der Waals surface area contributed by atoms with Gasteiger partial charge in [-0.2, -0.15) is 0 Å². The van der Waals surface area contributed by atoms with E-state index in [2.05, 4.69) is 28.7 Å². The van der Waals surface area contributed by atoms with E-state index in [9.17, 15) is 14.4 Å². The molecule has 192 valence electrons. The summed E-state index contributed by atoms with van der Waals surface area (Å²) in [4.78, 5) is 54.4. The van der Waals surface area contributed by atoms with E-state index in [1.54, 1.807) is 49.8 Å². The third-order valence-corrected chi connectivity index (χ3v) is 7.12. The van der Waals surface area contributed by atoms with Crippen molar-refractivity contribution >= 4 is 23.7 Å². The summed E-state index contributed by atoms with van der Waals surface area (Å²) in [5.41, 5.74) is -0.525. The lowest BCUT2D eigenvalue weighted by Crippen LogP contribution is -2.44. The average Bonchev–Trinajstić information content (AvgIpc) is 3.03. The second-order valence-corrected chi connectivity index (χ2v) is 9.97. The fraction of sp³-hybridized carbons (Fsp3) is 0.519. The van der Waals surface area contributed by atoms with Crippen molar-refractivity contribution in [2.24, 2.45) is 5.92 Å². The highest BCUT2D eigenvalue weighted by Gasteiger charge is 2.54. The first-order valence-electron chi connectivity index (χ1n) is 12.6. The van der Waals surface area contributed by atoms with Gasteiger partial charge in [-0.3, -0.25) is 19.3 Å². The van der Waals surface area contributed by atoms with Crippen LogP contribution in [-0.2, 0) is 19.8 Å². The van der Waals surface area contributed by atoms with Crippen LogP contribution >= 0.6 is 0 Å². The van der Waals surface area contributed by atoms with Crippen LogP contribution in [0.3, 0.4) is 0 Å². The first kappa shape index (κ1) is 25.6. The van der Waals surface area contributed by atoms with Crippen LogP contribution in [0.5, 0.6) is 5.75 Å². The molecule has 1 aromatic heterocycles. The number of anilines is 1. The maximum absolute atomic E-state index is 13.8. The number of likely N-dealkylation sites (tertiary alicyclic amines) is 1. The number of amides is 3. The van der Waals surface area contributed by atoms with E-state index in [4.69, 9.17) is 4.74 Å². The van der Waals surface area contributed by atoms with Gasteiger partial charge in [0.05, 0.1) is 12.5 Å². The largest absolute Gasteiger partial charge is 0.497 e. The van der Waals surface area contributed by atoms with Crippen molar-refractivity contribution in [1.29, 1.82) is 0 Å². The lowest BCUT2D eigenvalue weighted by Gasteiger charge is -2.30. The molecule has 4 rings (SSSR count). The van der Waals surface area contributed by atoms with E-state index in [1.807, 2.05) is 4.90 Å². The number of carbonyl (C=O) groups excluding carboxylic acids is 3. The number of rotatable bonds is 8. The van der Waals surface area contributed by atoms with Crippen molar-refractivity contribution in [1.82, 2.24) is 19.8 Å². The third kappa shape index (κ3) is 5.34. The number of hydrogen-bond acceptors (Lipinski definition) is 7. The normalized spacial score (nSPS) is 20.7. The quantitative estimate of drug-likeness (QED) is 0.522. The van der Waals surface area contributed by atoms with Crippen molar-refractivity contribution in [2.45, 2.75) is 44.9 Å². The minimum atomic E-state index is -1.20. The zero-order valence-electron chi connectivity index (χ0n) is 21.4. The van der Waals surface area contributed by atoms with Crippen LogP contribution in [0.2, 0.25) is 0 Å². The van der Waals surface area contributed by atoms with E-state index in [-0.39, 0.29) is 30.6 Å². The van der Waals surface area contributed by atoms with E-state index in [0.29, 0.717) is 49.4 Å². The molecule has 3 amide bonds. The van der Waals surface area contributed by atoms with Gasteiger partial charge in [-0.05, 0) is 42.5 Å². The molecule has 1 atom stereocenters. The summed E-state index contributed by atoms with van der Waals surface area (Å²) < 4.78 is 5.28. The molecule has 36 heavy (non-hydrogen) atoms. The first-order chi connectivity index (χ1) is 17.3. The Kier molecular flexibility index (Phi) is 7.86. The summed E-state index contributed by atoms with van der Waals surface area (Å²) in [5, 5.41) is 0. The summed E-state index contributed by atoms with van der Waals surface area (Å²) in [6.45, 7) is 6.95. The highest BCUT2D eigenvalue weighted by molar-refractivity contribution is 6.10. The molecule has 2 aromatic rings. The Morgan fingerprint density at radius 3 is 2.44 bits per heavy atom. The standard InChI is InChI=1S/C27H35N5O4/c1-20(2)10-15-32-24(34)19-27(25(32)35,21-6-8-22(36-3)9-7-21)18-23(33)30-13-5-14-31(17-16-30)26-28-11-4-12-29-26/h4,6-9,11-12,20H,5,10,13-19H2,1-3H3.